The zero-order chi connectivity index (χ0) is 14.5. The van der Waals surface area contributed by atoms with Gasteiger partial charge in [-0.1, -0.05) is 23.9 Å². The molecule has 7 heteroatoms. The van der Waals surface area contributed by atoms with Gasteiger partial charge in [-0.05, 0) is 24.6 Å². The number of amidine groups is 1. The van der Waals surface area contributed by atoms with E-state index in [1.165, 1.54) is 0 Å². The van der Waals surface area contributed by atoms with E-state index in [4.69, 9.17) is 4.74 Å². The molecular weight excluding hydrogens is 354 g/mol. The van der Waals surface area contributed by atoms with Crippen LogP contribution in [0.5, 0.6) is 0 Å². The minimum absolute atomic E-state index is 0. The Hall–Kier alpha value is -1.34. The Morgan fingerprint density at radius 3 is 2.43 bits per heavy atom. The van der Waals surface area contributed by atoms with Crippen molar-refractivity contribution in [1.82, 2.24) is 4.90 Å². The van der Waals surface area contributed by atoms with Gasteiger partial charge in [0.05, 0.1) is 17.9 Å². The van der Waals surface area contributed by atoms with Gasteiger partial charge in [0.1, 0.15) is 0 Å². The number of nitrogens with zero attached hydrogens (tertiary/aromatic N) is 3. The van der Waals surface area contributed by atoms with Gasteiger partial charge < -0.3 is 9.64 Å². The number of hydrogen-bond acceptors (Lipinski definition) is 6. The van der Waals surface area contributed by atoms with Crippen LogP contribution in [0.3, 0.4) is 0 Å². The molecule has 1 aliphatic heterocycles. The molecule has 0 radical (unpaired) electrons. The monoisotopic (exact) mass is 371 g/mol. The molecule has 0 unspecified atom stereocenters. The maximum absolute atomic E-state index is 11.6. The van der Waals surface area contributed by atoms with Gasteiger partial charge >= 0.3 is 5.97 Å². The lowest BCUT2D eigenvalue weighted by Gasteiger charge is -2.17. The van der Waals surface area contributed by atoms with Crippen LogP contribution in [0.1, 0.15) is 22.8 Å². The summed E-state index contributed by atoms with van der Waals surface area (Å²) in [6.45, 7) is 2.17. The maximum Gasteiger partial charge on any atom is 0.338 e. The van der Waals surface area contributed by atoms with E-state index >= 15 is 0 Å². The summed E-state index contributed by atoms with van der Waals surface area (Å²) in [4.78, 5) is 13.5. The van der Waals surface area contributed by atoms with Gasteiger partial charge in [-0.25, -0.2) is 4.79 Å². The van der Waals surface area contributed by atoms with Gasteiger partial charge in [0.2, 0.25) is 0 Å². The molecule has 5 nitrogen and oxygen atoms in total. The predicted molar refractivity (Wildman–Crippen MR) is 92.8 cm³/mol. The third-order valence-electron chi connectivity index (χ3n) is 2.71. The fourth-order valence-electron chi connectivity index (χ4n) is 1.67. The Morgan fingerprint density at radius 2 is 1.95 bits per heavy atom. The Balaban J connectivity index is 0.00000220. The van der Waals surface area contributed by atoms with Crippen molar-refractivity contribution in [3.8, 4) is 0 Å². The highest BCUT2D eigenvalue weighted by Gasteiger charge is 2.14. The first-order valence-corrected chi connectivity index (χ1v) is 7.32. The smallest absolute Gasteiger partial charge is 0.338 e. The van der Waals surface area contributed by atoms with Crippen molar-refractivity contribution in [2.75, 3.05) is 26.5 Å². The van der Waals surface area contributed by atoms with Crippen LogP contribution < -0.4 is 0 Å². The zero-order valence-electron chi connectivity index (χ0n) is 12.2. The van der Waals surface area contributed by atoms with Crippen LogP contribution in [-0.2, 0) is 4.74 Å². The summed E-state index contributed by atoms with van der Waals surface area (Å²) >= 11 is 1.65. The van der Waals surface area contributed by atoms with E-state index in [9.17, 15) is 4.79 Å². The molecule has 2 rings (SSSR count). The van der Waals surface area contributed by atoms with E-state index in [1.807, 2.05) is 31.1 Å². The molecule has 0 atom stereocenters. The number of thioether (sulfide) groups is 1. The lowest BCUT2D eigenvalue weighted by molar-refractivity contribution is 0.0526. The molecule has 21 heavy (non-hydrogen) atoms. The summed E-state index contributed by atoms with van der Waals surface area (Å²) in [5.41, 5.74) is 2.44. The normalized spacial score (nSPS) is 13.7. The molecule has 0 fully saturated rings. The molecule has 0 spiro atoms. The lowest BCUT2D eigenvalue weighted by Crippen LogP contribution is -2.23. The fourth-order valence-corrected chi connectivity index (χ4v) is 2.51. The third-order valence-corrected chi connectivity index (χ3v) is 3.83. The molecule has 0 amide bonds. The quantitative estimate of drug-likeness (QED) is 0.766. The SMILES string of the molecule is Br.CCOC(=O)c1ccc(C2=NN=C(N(C)C)SC2)cc1. The molecule has 0 aliphatic carbocycles. The van der Waals surface area contributed by atoms with Crippen molar-refractivity contribution in [2.45, 2.75) is 6.92 Å². The summed E-state index contributed by atoms with van der Waals surface area (Å²) in [7, 11) is 3.89. The second-order valence-corrected chi connectivity index (χ2v) is 5.35. The standard InChI is InChI=1S/C14H17N3O2S.BrH/c1-4-19-13(18)11-7-5-10(6-8-11)12-9-20-14(16-15-12)17(2)3;/h5-8H,4,9H2,1-3H3;1H. The number of hydrogen-bond donors (Lipinski definition) is 0. The van der Waals surface area contributed by atoms with E-state index in [0.717, 1.165) is 22.2 Å². The lowest BCUT2D eigenvalue weighted by atomic mass is 10.1. The van der Waals surface area contributed by atoms with Crippen molar-refractivity contribution >= 4 is 45.6 Å². The van der Waals surface area contributed by atoms with Crippen LogP contribution in [-0.4, -0.2) is 48.2 Å². The molecule has 1 aromatic carbocycles. The van der Waals surface area contributed by atoms with Crippen molar-refractivity contribution in [2.24, 2.45) is 10.2 Å². The molecule has 0 aromatic heterocycles. The van der Waals surface area contributed by atoms with Crippen molar-refractivity contribution in [3.05, 3.63) is 35.4 Å². The number of carbonyl (C=O) groups is 1. The number of rotatable bonds is 3. The third kappa shape index (κ3) is 4.57. The number of ether oxygens (including phenoxy) is 1. The Kier molecular flexibility index (Phi) is 6.91. The minimum Gasteiger partial charge on any atom is -0.462 e. The topological polar surface area (TPSA) is 54.3 Å². The summed E-state index contributed by atoms with van der Waals surface area (Å²) < 4.78 is 4.95. The molecule has 1 aliphatic rings. The Bertz CT molecular complexity index is 556. The fraction of sp³-hybridized carbons (Fsp3) is 0.357. The summed E-state index contributed by atoms with van der Waals surface area (Å²) in [5.74, 6) is 0.474. The average Bonchev–Trinajstić information content (AvgIpc) is 2.48. The first-order chi connectivity index (χ1) is 9.61. The van der Waals surface area contributed by atoms with Gasteiger partial charge in [-0.3, -0.25) is 0 Å². The van der Waals surface area contributed by atoms with Gasteiger partial charge in [0.25, 0.3) is 0 Å². The first-order valence-electron chi connectivity index (χ1n) is 6.34. The molecule has 114 valence electrons. The van der Waals surface area contributed by atoms with E-state index in [1.54, 1.807) is 30.8 Å². The molecule has 0 N–H and O–H groups in total. The molecule has 1 heterocycles. The zero-order valence-corrected chi connectivity index (χ0v) is 14.7. The molecule has 1 aromatic rings. The Morgan fingerprint density at radius 1 is 1.29 bits per heavy atom. The summed E-state index contributed by atoms with van der Waals surface area (Å²) in [5, 5.41) is 9.31. The highest BCUT2D eigenvalue weighted by molar-refractivity contribution is 8.93. The maximum atomic E-state index is 11.6. The molecule has 0 saturated carbocycles. The predicted octanol–water partition coefficient (Wildman–Crippen LogP) is 2.81. The van der Waals surface area contributed by atoms with E-state index in [0.29, 0.717) is 12.2 Å². The van der Waals surface area contributed by atoms with Crippen molar-refractivity contribution in [3.63, 3.8) is 0 Å². The molecular formula is C14H18BrN3O2S. The number of esters is 1. The molecule has 0 saturated heterocycles. The Labute approximate surface area is 139 Å². The van der Waals surface area contributed by atoms with Crippen molar-refractivity contribution < 1.29 is 9.53 Å². The molecule has 0 bridgehead atoms. The minimum atomic E-state index is -0.299. The van der Waals surface area contributed by atoms with Gasteiger partial charge in [-0.15, -0.1) is 22.1 Å². The van der Waals surface area contributed by atoms with Crippen LogP contribution >= 0.6 is 28.7 Å². The summed E-state index contributed by atoms with van der Waals surface area (Å²) in [6, 6.07) is 7.26. The van der Waals surface area contributed by atoms with E-state index in [2.05, 4.69) is 10.2 Å². The largest absolute Gasteiger partial charge is 0.462 e. The van der Waals surface area contributed by atoms with Crippen LogP contribution in [0, 0.1) is 0 Å². The van der Waals surface area contributed by atoms with Crippen LogP contribution in [0.25, 0.3) is 0 Å². The first kappa shape index (κ1) is 17.7. The van der Waals surface area contributed by atoms with Crippen molar-refractivity contribution in [1.29, 1.82) is 0 Å². The van der Waals surface area contributed by atoms with Gasteiger partial charge in [0, 0.05) is 19.8 Å². The second-order valence-electron chi connectivity index (χ2n) is 4.41. The number of halogens is 1. The average molecular weight is 372 g/mol. The van der Waals surface area contributed by atoms with Crippen LogP contribution in [0.4, 0.5) is 0 Å². The van der Waals surface area contributed by atoms with Gasteiger partial charge in [-0.2, -0.15) is 5.10 Å². The highest BCUT2D eigenvalue weighted by atomic mass is 79.9. The van der Waals surface area contributed by atoms with Crippen LogP contribution in [0.15, 0.2) is 34.5 Å². The number of benzene rings is 1. The van der Waals surface area contributed by atoms with E-state index in [-0.39, 0.29) is 23.0 Å². The second kappa shape index (κ2) is 8.19. The van der Waals surface area contributed by atoms with E-state index < -0.39 is 0 Å². The van der Waals surface area contributed by atoms with Gasteiger partial charge in [0.15, 0.2) is 5.17 Å². The van der Waals surface area contributed by atoms with Crippen LogP contribution in [0.2, 0.25) is 0 Å². The number of carbonyl (C=O) groups excluding carboxylic acids is 1. The summed E-state index contributed by atoms with van der Waals surface area (Å²) in [6.07, 6.45) is 0. The highest BCUT2D eigenvalue weighted by Crippen LogP contribution is 2.17.